The van der Waals surface area contributed by atoms with Crippen LogP contribution in [0.2, 0.25) is 5.02 Å². The van der Waals surface area contributed by atoms with Crippen molar-refractivity contribution in [3.63, 3.8) is 0 Å². The molecule has 0 saturated carbocycles. The van der Waals surface area contributed by atoms with Crippen LogP contribution in [0.25, 0.3) is 11.0 Å². The summed E-state index contributed by atoms with van der Waals surface area (Å²) in [6.07, 6.45) is 2.85. The lowest BCUT2D eigenvalue weighted by Crippen LogP contribution is -2.16. The highest BCUT2D eigenvalue weighted by Crippen LogP contribution is 2.25. The average Bonchev–Trinajstić information content (AvgIpc) is 3.00. The molecule has 0 bridgehead atoms. The Hall–Kier alpha value is -2.27. The maximum absolute atomic E-state index is 6.27. The van der Waals surface area contributed by atoms with E-state index in [1.54, 1.807) is 0 Å². The van der Waals surface area contributed by atoms with Crippen LogP contribution >= 0.6 is 11.6 Å². The Bertz CT molecular complexity index is 804. The van der Waals surface area contributed by atoms with Gasteiger partial charge < -0.3 is 9.57 Å². The summed E-state index contributed by atoms with van der Waals surface area (Å²) in [4.78, 5) is 7.14. The van der Waals surface area contributed by atoms with Crippen molar-refractivity contribution in [3.8, 4) is 5.75 Å². The maximum Gasteiger partial charge on any atom is 0.137 e. The van der Waals surface area contributed by atoms with Crippen LogP contribution in [-0.2, 0) is 6.42 Å². The monoisotopic (exact) mass is 345 g/mol. The number of fused-ring (bicyclic) bond motifs is 1. The van der Waals surface area contributed by atoms with E-state index < -0.39 is 0 Å². The van der Waals surface area contributed by atoms with Crippen LogP contribution in [0.4, 0.5) is 0 Å². The maximum atomic E-state index is 6.27. The lowest BCUT2D eigenvalue weighted by Gasteiger charge is -2.09. The molecule has 3 aromatic rings. The molecular formula is C18H20ClN3O2. The van der Waals surface area contributed by atoms with Gasteiger partial charge in [0, 0.05) is 6.42 Å². The summed E-state index contributed by atoms with van der Waals surface area (Å²) in [5, 5.41) is 8.69. The van der Waals surface area contributed by atoms with Crippen LogP contribution in [0.5, 0.6) is 5.75 Å². The number of hydrogen-bond donors (Lipinski definition) is 0. The second-order valence-corrected chi connectivity index (χ2v) is 5.91. The van der Waals surface area contributed by atoms with Gasteiger partial charge in [-0.2, -0.15) is 0 Å². The highest BCUT2D eigenvalue weighted by molar-refractivity contribution is 6.32. The lowest BCUT2D eigenvalue weighted by atomic mass is 10.1. The van der Waals surface area contributed by atoms with E-state index in [1.807, 2.05) is 42.5 Å². The highest BCUT2D eigenvalue weighted by atomic mass is 35.5. The molecule has 2 aromatic carbocycles. The van der Waals surface area contributed by atoms with Gasteiger partial charge >= 0.3 is 0 Å². The molecule has 0 radical (unpaired) electrons. The number of aromatic nitrogens is 3. The van der Waals surface area contributed by atoms with E-state index in [1.165, 1.54) is 4.85 Å². The molecule has 126 valence electrons. The summed E-state index contributed by atoms with van der Waals surface area (Å²) >= 11 is 6.27. The van der Waals surface area contributed by atoms with E-state index in [-0.39, 0.29) is 0 Å². The zero-order chi connectivity index (χ0) is 16.8. The summed E-state index contributed by atoms with van der Waals surface area (Å²) < 4.78 is 5.66. The summed E-state index contributed by atoms with van der Waals surface area (Å²) in [7, 11) is 0. The smallest absolute Gasteiger partial charge is 0.137 e. The first-order chi connectivity index (χ1) is 11.8. The highest BCUT2D eigenvalue weighted by Gasteiger charge is 2.06. The van der Waals surface area contributed by atoms with Gasteiger partial charge in [0.2, 0.25) is 0 Å². The number of unbranched alkanes of at least 4 members (excludes halogenated alkanes) is 1. The molecule has 1 aromatic heterocycles. The number of benzene rings is 2. The predicted molar refractivity (Wildman–Crippen MR) is 94.5 cm³/mol. The number of rotatable bonds is 8. The average molecular weight is 346 g/mol. The van der Waals surface area contributed by atoms with Gasteiger partial charge in [0.1, 0.15) is 23.4 Å². The Morgan fingerprint density at radius 3 is 2.83 bits per heavy atom. The standard InChI is InChI=1S/C18H20ClN3O2/c1-2-3-11-23-18-9-8-14(13-15(18)19)10-12-24-22-17-7-5-4-6-16(17)20-21-22/h4-9,13H,2-3,10-12H2,1H3. The first-order valence-electron chi connectivity index (χ1n) is 8.13. The van der Waals surface area contributed by atoms with Crippen LogP contribution in [0.1, 0.15) is 25.3 Å². The zero-order valence-electron chi connectivity index (χ0n) is 13.6. The molecule has 0 aliphatic carbocycles. The van der Waals surface area contributed by atoms with Crippen molar-refractivity contribution in [1.29, 1.82) is 0 Å². The van der Waals surface area contributed by atoms with Crippen molar-refractivity contribution in [2.45, 2.75) is 26.2 Å². The SMILES string of the molecule is CCCCOc1ccc(CCOn2nnc3ccccc32)cc1Cl. The molecule has 3 rings (SSSR count). The molecule has 6 heteroatoms. The minimum Gasteiger partial charge on any atom is -0.492 e. The minimum absolute atomic E-state index is 0.486. The second-order valence-electron chi connectivity index (χ2n) is 5.50. The first kappa shape index (κ1) is 16.6. The van der Waals surface area contributed by atoms with Crippen molar-refractivity contribution in [3.05, 3.63) is 53.1 Å². The van der Waals surface area contributed by atoms with Crippen LogP contribution in [0.15, 0.2) is 42.5 Å². The van der Waals surface area contributed by atoms with Crippen molar-refractivity contribution < 1.29 is 9.57 Å². The Kier molecular flexibility index (Phi) is 5.54. The fourth-order valence-corrected chi connectivity index (χ4v) is 2.59. The van der Waals surface area contributed by atoms with Crippen molar-refractivity contribution in [1.82, 2.24) is 15.2 Å². The molecule has 0 atom stereocenters. The molecule has 0 spiro atoms. The normalized spacial score (nSPS) is 10.9. The Labute approximate surface area is 146 Å². The fourth-order valence-electron chi connectivity index (χ4n) is 2.34. The number of halogens is 1. The number of ether oxygens (including phenoxy) is 1. The van der Waals surface area contributed by atoms with Gasteiger partial charge in [0.25, 0.3) is 0 Å². The molecule has 0 unspecified atom stereocenters. The summed E-state index contributed by atoms with van der Waals surface area (Å²) in [6.45, 7) is 3.31. The molecule has 0 aliphatic rings. The van der Waals surface area contributed by atoms with E-state index >= 15 is 0 Å². The molecule has 0 aliphatic heterocycles. The Balaban J connectivity index is 1.56. The van der Waals surface area contributed by atoms with E-state index in [4.69, 9.17) is 21.2 Å². The van der Waals surface area contributed by atoms with Gasteiger partial charge in [-0.1, -0.05) is 48.0 Å². The van der Waals surface area contributed by atoms with Crippen molar-refractivity contribution in [2.24, 2.45) is 0 Å². The molecule has 0 N–H and O–H groups in total. The van der Waals surface area contributed by atoms with Gasteiger partial charge in [-0.3, -0.25) is 0 Å². The van der Waals surface area contributed by atoms with Crippen LogP contribution in [0, 0.1) is 0 Å². The number of para-hydroxylation sites is 1. The molecule has 0 fully saturated rings. The van der Waals surface area contributed by atoms with Crippen LogP contribution in [0.3, 0.4) is 0 Å². The van der Waals surface area contributed by atoms with E-state index in [0.717, 1.165) is 41.6 Å². The van der Waals surface area contributed by atoms with E-state index in [2.05, 4.69) is 17.2 Å². The summed E-state index contributed by atoms with van der Waals surface area (Å²) in [5.41, 5.74) is 2.76. The van der Waals surface area contributed by atoms with Gasteiger partial charge in [-0.25, -0.2) is 0 Å². The zero-order valence-corrected chi connectivity index (χ0v) is 14.4. The van der Waals surface area contributed by atoms with Crippen LogP contribution < -0.4 is 9.57 Å². The van der Waals surface area contributed by atoms with Gasteiger partial charge in [-0.15, -0.1) is 5.10 Å². The largest absolute Gasteiger partial charge is 0.492 e. The molecule has 1 heterocycles. The fraction of sp³-hybridized carbons (Fsp3) is 0.333. The predicted octanol–water partition coefficient (Wildman–Crippen LogP) is 3.93. The molecule has 5 nitrogen and oxygen atoms in total. The molecular weight excluding hydrogens is 326 g/mol. The Morgan fingerprint density at radius 1 is 1.12 bits per heavy atom. The lowest BCUT2D eigenvalue weighted by molar-refractivity contribution is 0.0898. The van der Waals surface area contributed by atoms with Gasteiger partial charge in [0.05, 0.1) is 11.6 Å². The minimum atomic E-state index is 0.486. The third-order valence-corrected chi connectivity index (χ3v) is 3.97. The summed E-state index contributed by atoms with van der Waals surface area (Å²) in [6, 6.07) is 13.5. The van der Waals surface area contributed by atoms with Crippen molar-refractivity contribution in [2.75, 3.05) is 13.2 Å². The molecule has 0 amide bonds. The third kappa shape index (κ3) is 3.97. The molecule has 24 heavy (non-hydrogen) atoms. The Morgan fingerprint density at radius 2 is 2.00 bits per heavy atom. The van der Waals surface area contributed by atoms with E-state index in [9.17, 15) is 0 Å². The first-order valence-corrected chi connectivity index (χ1v) is 8.50. The molecule has 0 saturated heterocycles. The second kappa shape index (κ2) is 8.02. The number of nitrogens with zero attached hydrogens (tertiary/aromatic N) is 3. The van der Waals surface area contributed by atoms with E-state index in [0.29, 0.717) is 18.2 Å². The quantitative estimate of drug-likeness (QED) is 0.580. The van der Waals surface area contributed by atoms with Gasteiger partial charge in [0.15, 0.2) is 0 Å². The van der Waals surface area contributed by atoms with Crippen LogP contribution in [-0.4, -0.2) is 28.4 Å². The topological polar surface area (TPSA) is 49.2 Å². The number of hydrogen-bond acceptors (Lipinski definition) is 4. The van der Waals surface area contributed by atoms with Gasteiger partial charge in [-0.05, 0) is 41.5 Å². The third-order valence-electron chi connectivity index (χ3n) is 3.68. The summed E-state index contributed by atoms with van der Waals surface area (Å²) in [5.74, 6) is 0.733. The van der Waals surface area contributed by atoms with Crippen molar-refractivity contribution >= 4 is 22.6 Å².